The molecule has 0 spiro atoms. The minimum atomic E-state index is -4.39. The van der Waals surface area contributed by atoms with Crippen LogP contribution in [0.15, 0.2) is 30.5 Å². The lowest BCUT2D eigenvalue weighted by atomic mass is 10.1. The zero-order valence-electron chi connectivity index (χ0n) is 15.5. The van der Waals surface area contributed by atoms with E-state index in [1.54, 1.807) is 28.9 Å². The third-order valence-corrected chi connectivity index (χ3v) is 7.58. The van der Waals surface area contributed by atoms with Gasteiger partial charge in [0.2, 0.25) is 11.8 Å². The molecule has 0 aliphatic carbocycles. The van der Waals surface area contributed by atoms with E-state index in [0.29, 0.717) is 29.3 Å². The van der Waals surface area contributed by atoms with Crippen LogP contribution < -0.4 is 5.32 Å². The number of hydrogen-bond acceptors (Lipinski definition) is 5. The number of aromatic nitrogens is 1. The van der Waals surface area contributed by atoms with Crippen LogP contribution in [-0.2, 0) is 22.2 Å². The Morgan fingerprint density at radius 3 is 2.97 bits per heavy atom. The summed E-state index contributed by atoms with van der Waals surface area (Å²) in [5.41, 5.74) is -0.169. The number of thioether (sulfide) groups is 1. The van der Waals surface area contributed by atoms with Gasteiger partial charge in [0.15, 0.2) is 5.13 Å². The van der Waals surface area contributed by atoms with Gasteiger partial charge < -0.3 is 10.2 Å². The monoisotopic (exact) mass is 441 g/mol. The SMILES string of the molecule is CC12CCC(=O)N1C(C(=O)Nc1ncc(Cc3cccc(C(F)(F)F)c3)s1)CS2. The van der Waals surface area contributed by atoms with E-state index in [0.717, 1.165) is 23.4 Å². The highest BCUT2D eigenvalue weighted by Gasteiger charge is 2.52. The van der Waals surface area contributed by atoms with Crippen molar-refractivity contribution < 1.29 is 22.8 Å². The van der Waals surface area contributed by atoms with Crippen LogP contribution in [0.5, 0.6) is 0 Å². The number of hydrogen-bond donors (Lipinski definition) is 1. The zero-order chi connectivity index (χ0) is 20.8. The molecule has 2 aliphatic rings. The lowest BCUT2D eigenvalue weighted by molar-refractivity contribution is -0.137. The van der Waals surface area contributed by atoms with Gasteiger partial charge in [-0.2, -0.15) is 13.2 Å². The first-order chi connectivity index (χ1) is 13.7. The van der Waals surface area contributed by atoms with E-state index in [2.05, 4.69) is 10.3 Å². The van der Waals surface area contributed by atoms with Crippen LogP contribution in [0.1, 0.15) is 35.8 Å². The molecule has 0 saturated carbocycles. The summed E-state index contributed by atoms with van der Waals surface area (Å²) in [4.78, 5) is 31.1. The average molecular weight is 442 g/mol. The molecule has 0 radical (unpaired) electrons. The quantitative estimate of drug-likeness (QED) is 0.775. The van der Waals surface area contributed by atoms with E-state index < -0.39 is 17.8 Å². The van der Waals surface area contributed by atoms with E-state index in [1.165, 1.54) is 17.4 Å². The first-order valence-electron chi connectivity index (χ1n) is 9.03. The molecule has 2 unspecified atom stereocenters. The molecule has 2 amide bonds. The number of anilines is 1. The van der Waals surface area contributed by atoms with Crippen LogP contribution in [-0.4, -0.2) is 38.4 Å². The fourth-order valence-corrected chi connectivity index (χ4v) is 5.99. The van der Waals surface area contributed by atoms with Crippen LogP contribution in [0.25, 0.3) is 0 Å². The number of nitrogens with one attached hydrogen (secondary N) is 1. The summed E-state index contributed by atoms with van der Waals surface area (Å²) in [5.74, 6) is 0.245. The number of thiazole rings is 1. The summed E-state index contributed by atoms with van der Waals surface area (Å²) in [7, 11) is 0. The molecule has 29 heavy (non-hydrogen) atoms. The number of benzene rings is 1. The largest absolute Gasteiger partial charge is 0.416 e. The molecular formula is C19H18F3N3O2S2. The maximum Gasteiger partial charge on any atom is 0.416 e. The molecule has 1 aromatic carbocycles. The number of alkyl halides is 3. The lowest BCUT2D eigenvalue weighted by Gasteiger charge is -2.29. The second-order valence-corrected chi connectivity index (χ2v) is 9.88. The third kappa shape index (κ3) is 4.00. The Balaban J connectivity index is 1.42. The van der Waals surface area contributed by atoms with Gasteiger partial charge in [-0.1, -0.05) is 18.2 Å². The van der Waals surface area contributed by atoms with Gasteiger partial charge in [-0.25, -0.2) is 4.98 Å². The van der Waals surface area contributed by atoms with Crippen molar-refractivity contribution in [2.75, 3.05) is 11.1 Å². The molecule has 1 aromatic heterocycles. The smallest absolute Gasteiger partial charge is 0.315 e. The normalized spacial score (nSPS) is 24.1. The van der Waals surface area contributed by atoms with Gasteiger partial charge >= 0.3 is 6.18 Å². The highest BCUT2D eigenvalue weighted by Crippen LogP contribution is 2.47. The fraction of sp³-hybridized carbons (Fsp3) is 0.421. The van der Waals surface area contributed by atoms with Gasteiger partial charge in [-0.3, -0.25) is 9.59 Å². The molecular weight excluding hydrogens is 423 g/mol. The van der Waals surface area contributed by atoms with Crippen molar-refractivity contribution in [1.82, 2.24) is 9.88 Å². The summed E-state index contributed by atoms with van der Waals surface area (Å²) in [6.45, 7) is 1.98. The summed E-state index contributed by atoms with van der Waals surface area (Å²) in [6, 6.07) is 4.63. The molecule has 3 heterocycles. The Kier molecular flexibility index (Phi) is 5.10. The average Bonchev–Trinajstić information content (AvgIpc) is 3.31. The van der Waals surface area contributed by atoms with Crippen molar-refractivity contribution in [1.29, 1.82) is 0 Å². The van der Waals surface area contributed by atoms with Crippen molar-refractivity contribution in [3.63, 3.8) is 0 Å². The van der Waals surface area contributed by atoms with Gasteiger partial charge in [-0.05, 0) is 25.0 Å². The Morgan fingerprint density at radius 2 is 2.21 bits per heavy atom. The molecule has 2 aromatic rings. The number of carbonyl (C=O) groups is 2. The van der Waals surface area contributed by atoms with Gasteiger partial charge in [-0.15, -0.1) is 23.1 Å². The van der Waals surface area contributed by atoms with E-state index in [-0.39, 0.29) is 16.7 Å². The van der Waals surface area contributed by atoms with Crippen LogP contribution >= 0.6 is 23.1 Å². The molecule has 5 nitrogen and oxygen atoms in total. The van der Waals surface area contributed by atoms with Crippen LogP contribution in [0.2, 0.25) is 0 Å². The standard InChI is InChI=1S/C19H18F3N3O2S2/c1-18-6-5-15(26)25(18)14(10-28-18)16(27)24-17-23-9-13(29-17)8-11-3-2-4-12(7-11)19(20,21)22/h2-4,7,9,14H,5-6,8,10H2,1H3,(H,23,24,27). The lowest BCUT2D eigenvalue weighted by Crippen LogP contribution is -2.48. The Labute approximate surface area is 173 Å². The van der Waals surface area contributed by atoms with Crippen molar-refractivity contribution in [2.45, 2.75) is 43.3 Å². The van der Waals surface area contributed by atoms with Crippen molar-refractivity contribution in [3.05, 3.63) is 46.5 Å². The molecule has 2 fully saturated rings. The molecule has 1 N–H and O–H groups in total. The second kappa shape index (κ2) is 7.32. The molecule has 154 valence electrons. The summed E-state index contributed by atoms with van der Waals surface area (Å²) < 4.78 is 38.6. The molecule has 2 saturated heterocycles. The molecule has 0 bridgehead atoms. The van der Waals surface area contributed by atoms with Crippen molar-refractivity contribution >= 4 is 40.0 Å². The topological polar surface area (TPSA) is 62.3 Å². The van der Waals surface area contributed by atoms with E-state index in [9.17, 15) is 22.8 Å². The van der Waals surface area contributed by atoms with Gasteiger partial charge in [0.05, 0.1) is 10.4 Å². The summed E-state index contributed by atoms with van der Waals surface area (Å²) in [5, 5.41) is 3.13. The Morgan fingerprint density at radius 1 is 1.41 bits per heavy atom. The predicted molar refractivity (Wildman–Crippen MR) is 106 cm³/mol. The van der Waals surface area contributed by atoms with Crippen LogP contribution in [0.4, 0.5) is 18.3 Å². The van der Waals surface area contributed by atoms with Gasteiger partial charge in [0.25, 0.3) is 0 Å². The first-order valence-corrected chi connectivity index (χ1v) is 10.8. The van der Waals surface area contributed by atoms with Crippen LogP contribution in [0.3, 0.4) is 0 Å². The third-order valence-electron chi connectivity index (χ3n) is 5.16. The molecule has 2 aliphatic heterocycles. The fourth-order valence-electron chi connectivity index (χ4n) is 3.71. The van der Waals surface area contributed by atoms with Crippen molar-refractivity contribution in [3.8, 4) is 0 Å². The number of rotatable bonds is 4. The Hall–Kier alpha value is -2.07. The maximum atomic E-state index is 12.9. The van der Waals surface area contributed by atoms with Crippen LogP contribution in [0, 0.1) is 0 Å². The number of fused-ring (bicyclic) bond motifs is 1. The summed E-state index contributed by atoms with van der Waals surface area (Å²) >= 11 is 2.83. The van der Waals surface area contributed by atoms with E-state index in [1.807, 2.05) is 6.92 Å². The number of carbonyl (C=O) groups excluding carboxylic acids is 2. The zero-order valence-corrected chi connectivity index (χ0v) is 17.1. The number of amides is 2. The van der Waals surface area contributed by atoms with Gasteiger partial charge in [0.1, 0.15) is 6.04 Å². The maximum absolute atomic E-state index is 12.9. The Bertz CT molecular complexity index is 962. The first kappa shape index (κ1) is 20.2. The highest BCUT2D eigenvalue weighted by atomic mass is 32.2. The second-order valence-electron chi connectivity index (χ2n) is 7.26. The van der Waals surface area contributed by atoms with E-state index >= 15 is 0 Å². The van der Waals surface area contributed by atoms with E-state index in [4.69, 9.17) is 0 Å². The molecule has 10 heteroatoms. The minimum absolute atomic E-state index is 0.0120. The highest BCUT2D eigenvalue weighted by molar-refractivity contribution is 8.01. The number of halogens is 3. The summed E-state index contributed by atoms with van der Waals surface area (Å²) in [6.07, 6.45) is -1.36. The minimum Gasteiger partial charge on any atom is -0.315 e. The number of nitrogens with zero attached hydrogens (tertiary/aromatic N) is 2. The van der Waals surface area contributed by atoms with Crippen molar-refractivity contribution in [2.24, 2.45) is 0 Å². The molecule has 4 rings (SSSR count). The predicted octanol–water partition coefficient (Wildman–Crippen LogP) is 4.15. The van der Waals surface area contributed by atoms with Gasteiger partial charge in [0, 0.05) is 29.7 Å². The molecule has 2 atom stereocenters.